The summed E-state index contributed by atoms with van der Waals surface area (Å²) < 4.78 is 12.9. The van der Waals surface area contributed by atoms with E-state index >= 15 is 0 Å². The highest BCUT2D eigenvalue weighted by Crippen LogP contribution is 2.25. The number of thioether (sulfide) groups is 1. The number of hydrogen-bond donors (Lipinski definition) is 2. The largest absolute Gasteiger partial charge is 0.336 e. The zero-order valence-corrected chi connectivity index (χ0v) is 13.2. The van der Waals surface area contributed by atoms with Crippen molar-refractivity contribution >= 4 is 23.7 Å². The van der Waals surface area contributed by atoms with Crippen molar-refractivity contribution in [2.24, 2.45) is 0 Å². The molecule has 2 heterocycles. The highest BCUT2D eigenvalue weighted by Gasteiger charge is 2.30. The van der Waals surface area contributed by atoms with Crippen LogP contribution in [-0.2, 0) is 4.79 Å². The van der Waals surface area contributed by atoms with E-state index in [-0.39, 0.29) is 17.8 Å². The van der Waals surface area contributed by atoms with Crippen molar-refractivity contribution < 1.29 is 14.0 Å². The van der Waals surface area contributed by atoms with E-state index in [4.69, 9.17) is 0 Å². The average Bonchev–Trinajstić information content (AvgIpc) is 3.16. The number of imide groups is 1. The van der Waals surface area contributed by atoms with Crippen LogP contribution in [0.2, 0.25) is 0 Å². The molecule has 0 aliphatic carbocycles. The fraction of sp³-hybridized carbons (Fsp3) is 0.267. The molecule has 1 aromatic heterocycles. The Morgan fingerprint density at radius 3 is 2.78 bits per heavy atom. The maximum absolute atomic E-state index is 12.9. The van der Waals surface area contributed by atoms with Crippen molar-refractivity contribution in [3.63, 3.8) is 0 Å². The molecule has 2 aromatic rings. The molecule has 1 aliphatic rings. The zero-order chi connectivity index (χ0) is 16.4. The van der Waals surface area contributed by atoms with Crippen LogP contribution in [0, 0.1) is 5.82 Å². The number of rotatable bonds is 4. The van der Waals surface area contributed by atoms with Crippen LogP contribution in [0.1, 0.15) is 6.92 Å². The van der Waals surface area contributed by atoms with Crippen LogP contribution in [0.15, 0.2) is 35.6 Å². The molecule has 0 saturated carbocycles. The minimum atomic E-state index is -0.439. The molecule has 1 fully saturated rings. The molecule has 2 N–H and O–H groups in total. The van der Waals surface area contributed by atoms with Gasteiger partial charge in [0.2, 0.25) is 5.91 Å². The molecule has 120 valence electrons. The van der Waals surface area contributed by atoms with E-state index in [1.807, 2.05) is 0 Å². The van der Waals surface area contributed by atoms with Crippen molar-refractivity contribution in [1.82, 2.24) is 20.2 Å². The summed E-state index contributed by atoms with van der Waals surface area (Å²) >= 11 is 1.25. The molecule has 1 atom stereocenters. The first-order valence-corrected chi connectivity index (χ1v) is 7.99. The number of hydrogen-bond acceptors (Lipinski definition) is 4. The summed E-state index contributed by atoms with van der Waals surface area (Å²) in [6.45, 7) is 2.61. The summed E-state index contributed by atoms with van der Waals surface area (Å²) in [6.07, 6.45) is 1.63. The van der Waals surface area contributed by atoms with Gasteiger partial charge in [-0.3, -0.25) is 9.69 Å². The Morgan fingerprint density at radius 1 is 1.39 bits per heavy atom. The number of aromatic amines is 1. The molecule has 0 unspecified atom stereocenters. The number of carbonyl (C=O) groups is 2. The first-order chi connectivity index (χ1) is 11.0. The molecule has 1 aliphatic heterocycles. The van der Waals surface area contributed by atoms with Gasteiger partial charge in [-0.2, -0.15) is 0 Å². The van der Waals surface area contributed by atoms with Crippen LogP contribution in [0.25, 0.3) is 11.3 Å². The van der Waals surface area contributed by atoms with Gasteiger partial charge in [0, 0.05) is 13.1 Å². The van der Waals surface area contributed by atoms with Gasteiger partial charge in [0.15, 0.2) is 5.16 Å². The zero-order valence-electron chi connectivity index (χ0n) is 12.4. The molecule has 3 rings (SSSR count). The Kier molecular flexibility index (Phi) is 4.33. The third-order valence-corrected chi connectivity index (χ3v) is 4.45. The topological polar surface area (TPSA) is 78.1 Å². The smallest absolute Gasteiger partial charge is 0.324 e. The molecule has 8 heteroatoms. The predicted octanol–water partition coefficient (Wildman–Crippen LogP) is 2.25. The van der Waals surface area contributed by atoms with Gasteiger partial charge in [-0.25, -0.2) is 14.2 Å². The maximum atomic E-state index is 12.9. The molecule has 6 nitrogen and oxygen atoms in total. The number of imidazole rings is 1. The van der Waals surface area contributed by atoms with Crippen LogP contribution < -0.4 is 5.32 Å². The Morgan fingerprint density at radius 2 is 2.13 bits per heavy atom. The normalized spacial score (nSPS) is 15.6. The van der Waals surface area contributed by atoms with Crippen LogP contribution in [0.5, 0.6) is 0 Å². The highest BCUT2D eigenvalue weighted by atomic mass is 32.2. The van der Waals surface area contributed by atoms with E-state index in [1.165, 1.54) is 28.8 Å². The minimum absolute atomic E-state index is 0.246. The van der Waals surface area contributed by atoms with Gasteiger partial charge in [-0.1, -0.05) is 11.8 Å². The standard InChI is InChI=1S/C15H15FN4O2S/c1-9(13(21)20-7-6-17-15(20)22)23-14-18-8-12(19-14)10-2-4-11(16)5-3-10/h2-5,8-9H,6-7H2,1H3,(H,17,22)(H,18,19)/t9-/m0/s1. The highest BCUT2D eigenvalue weighted by molar-refractivity contribution is 8.00. The number of aromatic nitrogens is 2. The Balaban J connectivity index is 1.67. The van der Waals surface area contributed by atoms with Gasteiger partial charge in [0.25, 0.3) is 0 Å². The summed E-state index contributed by atoms with van der Waals surface area (Å²) in [5.41, 5.74) is 1.55. The summed E-state index contributed by atoms with van der Waals surface area (Å²) in [6, 6.07) is 5.71. The van der Waals surface area contributed by atoms with Crippen LogP contribution in [-0.4, -0.2) is 45.1 Å². The second kappa shape index (κ2) is 6.41. The van der Waals surface area contributed by atoms with E-state index in [2.05, 4.69) is 15.3 Å². The first kappa shape index (κ1) is 15.5. The van der Waals surface area contributed by atoms with E-state index in [1.54, 1.807) is 25.3 Å². The fourth-order valence-corrected chi connectivity index (χ4v) is 3.10. The summed E-state index contributed by atoms with van der Waals surface area (Å²) in [5, 5.41) is 2.74. The van der Waals surface area contributed by atoms with Crippen molar-refractivity contribution in [2.45, 2.75) is 17.3 Å². The van der Waals surface area contributed by atoms with Crippen molar-refractivity contribution in [3.8, 4) is 11.3 Å². The lowest BCUT2D eigenvalue weighted by atomic mass is 10.2. The molecule has 23 heavy (non-hydrogen) atoms. The number of nitrogens with one attached hydrogen (secondary N) is 2. The van der Waals surface area contributed by atoms with Gasteiger partial charge in [-0.05, 0) is 36.8 Å². The number of nitrogens with zero attached hydrogens (tertiary/aromatic N) is 2. The molecular formula is C15H15FN4O2S. The third kappa shape index (κ3) is 3.37. The Labute approximate surface area is 136 Å². The van der Waals surface area contributed by atoms with Crippen molar-refractivity contribution in [1.29, 1.82) is 0 Å². The van der Waals surface area contributed by atoms with Crippen LogP contribution >= 0.6 is 11.8 Å². The molecule has 0 spiro atoms. The lowest BCUT2D eigenvalue weighted by Crippen LogP contribution is -2.38. The van der Waals surface area contributed by atoms with E-state index < -0.39 is 5.25 Å². The lowest BCUT2D eigenvalue weighted by Gasteiger charge is -2.16. The molecule has 3 amide bonds. The summed E-state index contributed by atoms with van der Waals surface area (Å²) in [7, 11) is 0. The van der Waals surface area contributed by atoms with Gasteiger partial charge in [0.05, 0.1) is 17.1 Å². The SMILES string of the molecule is C[C@H](Sc1ncc(-c2ccc(F)cc2)[nH]1)C(=O)N1CCNC1=O. The second-order valence-electron chi connectivity index (χ2n) is 5.09. The van der Waals surface area contributed by atoms with E-state index in [0.717, 1.165) is 11.3 Å². The van der Waals surface area contributed by atoms with Gasteiger partial charge < -0.3 is 10.3 Å². The van der Waals surface area contributed by atoms with E-state index in [9.17, 15) is 14.0 Å². The first-order valence-electron chi connectivity index (χ1n) is 7.11. The Bertz CT molecular complexity index is 731. The molecule has 1 saturated heterocycles. The minimum Gasteiger partial charge on any atom is -0.336 e. The monoisotopic (exact) mass is 334 g/mol. The van der Waals surface area contributed by atoms with Crippen LogP contribution in [0.4, 0.5) is 9.18 Å². The molecule has 0 bridgehead atoms. The number of halogens is 1. The molecular weight excluding hydrogens is 319 g/mol. The number of amides is 3. The maximum Gasteiger partial charge on any atom is 0.324 e. The number of urea groups is 1. The van der Waals surface area contributed by atoms with Crippen molar-refractivity contribution in [3.05, 3.63) is 36.3 Å². The lowest BCUT2D eigenvalue weighted by molar-refractivity contribution is -0.126. The molecule has 0 radical (unpaired) electrons. The number of H-pyrrole nitrogens is 1. The Hall–Kier alpha value is -2.35. The summed E-state index contributed by atoms with van der Waals surface area (Å²) in [5.74, 6) is -0.546. The van der Waals surface area contributed by atoms with E-state index in [0.29, 0.717) is 18.2 Å². The van der Waals surface area contributed by atoms with Crippen molar-refractivity contribution in [2.75, 3.05) is 13.1 Å². The second-order valence-corrected chi connectivity index (χ2v) is 6.42. The average molecular weight is 334 g/mol. The third-order valence-electron chi connectivity index (χ3n) is 3.47. The van der Waals surface area contributed by atoms with Crippen LogP contribution in [0.3, 0.4) is 0 Å². The number of carbonyl (C=O) groups excluding carboxylic acids is 2. The molecule has 1 aromatic carbocycles. The fourth-order valence-electron chi connectivity index (χ4n) is 2.26. The van der Waals surface area contributed by atoms with Gasteiger partial charge >= 0.3 is 6.03 Å². The predicted molar refractivity (Wildman–Crippen MR) is 84.4 cm³/mol. The van der Waals surface area contributed by atoms with Gasteiger partial charge in [0.1, 0.15) is 5.82 Å². The number of benzene rings is 1. The van der Waals surface area contributed by atoms with Gasteiger partial charge in [-0.15, -0.1) is 0 Å². The quantitative estimate of drug-likeness (QED) is 0.841. The summed E-state index contributed by atoms with van der Waals surface area (Å²) in [4.78, 5) is 32.3.